The zero-order valence-electron chi connectivity index (χ0n) is 11.5. The second kappa shape index (κ2) is 8.74. The highest BCUT2D eigenvalue weighted by Crippen LogP contribution is 2.18. The van der Waals surface area contributed by atoms with E-state index in [1.807, 2.05) is 30.3 Å². The number of pyridine rings is 1. The molecule has 1 aromatic heterocycles. The number of rotatable bonds is 8. The smallest absolute Gasteiger partial charge is 0.0319 e. The van der Waals surface area contributed by atoms with Crippen LogP contribution in [0.1, 0.15) is 12.0 Å². The summed E-state index contributed by atoms with van der Waals surface area (Å²) < 4.78 is 0. The number of aromatic nitrogens is 1. The van der Waals surface area contributed by atoms with E-state index in [0.29, 0.717) is 0 Å². The minimum absolute atomic E-state index is 0.0230. The zero-order chi connectivity index (χ0) is 14.0. The Hall–Kier alpha value is -1.36. The fraction of sp³-hybridized carbons (Fsp3) is 0.312. The van der Waals surface area contributed by atoms with E-state index in [1.165, 1.54) is 10.5 Å². The van der Waals surface area contributed by atoms with E-state index in [1.54, 1.807) is 24.2 Å². The summed E-state index contributed by atoms with van der Waals surface area (Å²) in [7, 11) is 0. The molecule has 0 aliphatic carbocycles. The molecule has 0 amide bonds. The third-order valence-electron chi connectivity index (χ3n) is 2.94. The molecule has 20 heavy (non-hydrogen) atoms. The van der Waals surface area contributed by atoms with Crippen molar-refractivity contribution >= 4 is 11.8 Å². The van der Waals surface area contributed by atoms with E-state index in [0.717, 1.165) is 25.3 Å². The van der Waals surface area contributed by atoms with Gasteiger partial charge in [0, 0.05) is 35.6 Å². The summed E-state index contributed by atoms with van der Waals surface area (Å²) in [6.07, 6.45) is 4.49. The first-order valence-corrected chi connectivity index (χ1v) is 7.82. The lowest BCUT2D eigenvalue weighted by Gasteiger charge is -2.11. The Morgan fingerprint density at radius 3 is 2.60 bits per heavy atom. The van der Waals surface area contributed by atoms with Gasteiger partial charge in [-0.2, -0.15) is 0 Å². The molecular formula is C16H20N3S. The molecule has 0 aliphatic heterocycles. The monoisotopic (exact) mass is 286 g/mol. The van der Waals surface area contributed by atoms with Gasteiger partial charge in [-0.15, -0.1) is 11.8 Å². The second-order valence-corrected chi connectivity index (χ2v) is 5.74. The molecule has 1 radical (unpaired) electrons. The Labute approximate surface area is 125 Å². The van der Waals surface area contributed by atoms with Crippen molar-refractivity contribution in [2.45, 2.75) is 23.9 Å². The molecular weight excluding hydrogens is 266 g/mol. The summed E-state index contributed by atoms with van der Waals surface area (Å²) in [6, 6.07) is 14.3. The maximum absolute atomic E-state index is 8.03. The lowest BCUT2D eigenvalue weighted by molar-refractivity contribution is 0.584. The van der Waals surface area contributed by atoms with E-state index in [-0.39, 0.29) is 6.04 Å². The van der Waals surface area contributed by atoms with Crippen molar-refractivity contribution in [2.24, 2.45) is 0 Å². The van der Waals surface area contributed by atoms with E-state index in [4.69, 9.17) is 5.73 Å². The van der Waals surface area contributed by atoms with Gasteiger partial charge >= 0.3 is 0 Å². The van der Waals surface area contributed by atoms with Crippen LogP contribution < -0.4 is 11.1 Å². The van der Waals surface area contributed by atoms with Crippen molar-refractivity contribution in [1.29, 1.82) is 0 Å². The number of nitrogens with one attached hydrogen (secondary N) is 2. The van der Waals surface area contributed by atoms with Crippen molar-refractivity contribution in [3.05, 3.63) is 60.4 Å². The average Bonchev–Trinajstić information content (AvgIpc) is 2.52. The van der Waals surface area contributed by atoms with E-state index < -0.39 is 0 Å². The average molecular weight is 286 g/mol. The van der Waals surface area contributed by atoms with E-state index >= 15 is 0 Å². The summed E-state index contributed by atoms with van der Waals surface area (Å²) in [5.74, 6) is 0.848. The van der Waals surface area contributed by atoms with Crippen LogP contribution in [0.3, 0.4) is 0 Å². The van der Waals surface area contributed by atoms with Crippen LogP contribution in [0, 0.1) is 0 Å². The molecule has 0 unspecified atom stereocenters. The highest BCUT2D eigenvalue weighted by atomic mass is 32.2. The van der Waals surface area contributed by atoms with Crippen molar-refractivity contribution in [3.8, 4) is 0 Å². The molecule has 2 aromatic rings. The molecule has 0 fully saturated rings. The summed E-state index contributed by atoms with van der Waals surface area (Å²) in [5.41, 5.74) is 9.27. The molecule has 0 saturated heterocycles. The predicted molar refractivity (Wildman–Crippen MR) is 84.6 cm³/mol. The maximum Gasteiger partial charge on any atom is 0.0319 e. The molecule has 0 saturated carbocycles. The molecule has 1 atom stereocenters. The number of benzene rings is 1. The Morgan fingerprint density at radius 1 is 1.10 bits per heavy atom. The minimum Gasteiger partial charge on any atom is -0.313 e. The third-order valence-corrected chi connectivity index (χ3v) is 4.12. The van der Waals surface area contributed by atoms with Gasteiger partial charge in [0.15, 0.2) is 0 Å². The maximum atomic E-state index is 8.03. The minimum atomic E-state index is -0.0230. The largest absolute Gasteiger partial charge is 0.313 e. The van der Waals surface area contributed by atoms with Gasteiger partial charge in [-0.05, 0) is 42.8 Å². The van der Waals surface area contributed by atoms with Crippen molar-refractivity contribution in [2.75, 3.05) is 12.3 Å². The molecule has 2 rings (SSSR count). The number of hydrogen-bond donors (Lipinski definition) is 1. The standard InChI is InChI=1S/C16H20N3S/c17-15(13-20-16-4-2-1-3-5-16)8-11-19-12-14-6-9-18-10-7-14/h1-7,9-10,15,17,19H,8,11-13H2/t15-/m1/s1. The Kier molecular flexibility index (Phi) is 6.57. The molecule has 4 heteroatoms. The Balaban J connectivity index is 1.57. The molecule has 3 nitrogen and oxygen atoms in total. The highest BCUT2D eigenvalue weighted by Gasteiger charge is 2.04. The number of nitrogens with zero attached hydrogens (tertiary/aromatic N) is 1. The summed E-state index contributed by atoms with van der Waals surface area (Å²) >= 11 is 1.76. The van der Waals surface area contributed by atoms with Crippen LogP contribution in [0.25, 0.3) is 0 Å². The quantitative estimate of drug-likeness (QED) is 0.599. The van der Waals surface area contributed by atoms with Crippen molar-refractivity contribution in [1.82, 2.24) is 16.0 Å². The van der Waals surface area contributed by atoms with Crippen LogP contribution in [0.15, 0.2) is 59.8 Å². The molecule has 0 bridgehead atoms. The van der Waals surface area contributed by atoms with Gasteiger partial charge in [0.2, 0.25) is 0 Å². The van der Waals surface area contributed by atoms with Gasteiger partial charge in [0.05, 0.1) is 0 Å². The zero-order valence-corrected chi connectivity index (χ0v) is 12.3. The first-order valence-electron chi connectivity index (χ1n) is 6.83. The lowest BCUT2D eigenvalue weighted by atomic mass is 10.2. The van der Waals surface area contributed by atoms with Crippen molar-refractivity contribution in [3.63, 3.8) is 0 Å². The molecule has 1 aromatic carbocycles. The van der Waals surface area contributed by atoms with Crippen LogP contribution in [-0.2, 0) is 6.54 Å². The summed E-state index contributed by atoms with van der Waals surface area (Å²) in [5, 5.41) is 3.37. The van der Waals surface area contributed by atoms with E-state index in [9.17, 15) is 0 Å². The fourth-order valence-electron chi connectivity index (χ4n) is 1.81. The molecule has 1 heterocycles. The SMILES string of the molecule is [NH][C@H](CCNCc1ccncc1)CSc1ccccc1. The molecule has 2 N–H and O–H groups in total. The van der Waals surface area contributed by atoms with Gasteiger partial charge in [-0.1, -0.05) is 18.2 Å². The predicted octanol–water partition coefficient (Wildman–Crippen LogP) is 3.01. The van der Waals surface area contributed by atoms with Crippen molar-refractivity contribution < 1.29 is 0 Å². The molecule has 0 aliphatic rings. The van der Waals surface area contributed by atoms with Crippen LogP contribution in [-0.4, -0.2) is 23.3 Å². The van der Waals surface area contributed by atoms with Crippen LogP contribution in [0.2, 0.25) is 0 Å². The van der Waals surface area contributed by atoms with Gasteiger partial charge < -0.3 is 5.32 Å². The molecule has 105 valence electrons. The first kappa shape index (κ1) is 15.0. The van der Waals surface area contributed by atoms with Gasteiger partial charge in [-0.25, -0.2) is 0 Å². The second-order valence-electron chi connectivity index (χ2n) is 4.64. The first-order chi connectivity index (χ1) is 9.84. The summed E-state index contributed by atoms with van der Waals surface area (Å²) in [4.78, 5) is 5.24. The topological polar surface area (TPSA) is 48.7 Å². The summed E-state index contributed by atoms with van der Waals surface area (Å²) in [6.45, 7) is 1.73. The third kappa shape index (κ3) is 5.74. The van der Waals surface area contributed by atoms with Gasteiger partial charge in [-0.3, -0.25) is 10.7 Å². The molecule has 0 spiro atoms. The lowest BCUT2D eigenvalue weighted by Crippen LogP contribution is -2.22. The van der Waals surface area contributed by atoms with Crippen LogP contribution >= 0.6 is 11.8 Å². The van der Waals surface area contributed by atoms with Crippen LogP contribution in [0.4, 0.5) is 0 Å². The highest BCUT2D eigenvalue weighted by molar-refractivity contribution is 7.99. The van der Waals surface area contributed by atoms with Gasteiger partial charge in [0.25, 0.3) is 0 Å². The van der Waals surface area contributed by atoms with E-state index in [2.05, 4.69) is 22.4 Å². The van der Waals surface area contributed by atoms with Crippen LogP contribution in [0.5, 0.6) is 0 Å². The normalized spacial score (nSPS) is 12.2. The Morgan fingerprint density at radius 2 is 1.85 bits per heavy atom. The fourth-order valence-corrected chi connectivity index (χ4v) is 2.72. The van der Waals surface area contributed by atoms with Gasteiger partial charge in [0.1, 0.15) is 0 Å². The Bertz CT molecular complexity index is 476. The number of thioether (sulfide) groups is 1. The number of hydrogen-bond acceptors (Lipinski definition) is 3.